The van der Waals surface area contributed by atoms with Crippen molar-refractivity contribution in [2.45, 2.75) is 32.4 Å². The number of rotatable bonds is 6. The Morgan fingerprint density at radius 2 is 2.10 bits per heavy atom. The first-order chi connectivity index (χ1) is 9.52. The standard InChI is InChI=1S/C13H27N3O2S2.HI/c1-4-12-11-16(8-9-19-12)13(14-5-2)15-7-10-20(17,18)6-3;/h12H,4-11H2,1-3H3,(H,14,15);1H. The highest BCUT2D eigenvalue weighted by atomic mass is 127. The van der Waals surface area contributed by atoms with Crippen LogP contribution in [0.1, 0.15) is 27.2 Å². The van der Waals surface area contributed by atoms with Gasteiger partial charge >= 0.3 is 0 Å². The smallest absolute Gasteiger partial charge is 0.194 e. The van der Waals surface area contributed by atoms with Gasteiger partial charge in [0, 0.05) is 36.4 Å². The molecule has 1 N–H and O–H groups in total. The molecule has 1 atom stereocenters. The molecule has 0 spiro atoms. The second-order valence-electron chi connectivity index (χ2n) is 4.82. The third-order valence-electron chi connectivity index (χ3n) is 3.33. The van der Waals surface area contributed by atoms with Crippen LogP contribution >= 0.6 is 35.7 Å². The van der Waals surface area contributed by atoms with Gasteiger partial charge < -0.3 is 10.2 Å². The Kier molecular flexibility index (Phi) is 11.1. The molecule has 0 saturated carbocycles. The normalized spacial score (nSPS) is 20.0. The molecule has 0 aliphatic carbocycles. The Hall–Kier alpha value is 0.300. The van der Waals surface area contributed by atoms with Crippen molar-refractivity contribution in [3.05, 3.63) is 0 Å². The highest BCUT2D eigenvalue weighted by Crippen LogP contribution is 2.20. The van der Waals surface area contributed by atoms with Gasteiger partial charge in [0.2, 0.25) is 0 Å². The largest absolute Gasteiger partial charge is 0.357 e. The van der Waals surface area contributed by atoms with Gasteiger partial charge in [0.05, 0.1) is 12.3 Å². The van der Waals surface area contributed by atoms with Gasteiger partial charge in [-0.1, -0.05) is 13.8 Å². The fourth-order valence-corrected chi connectivity index (χ4v) is 3.86. The van der Waals surface area contributed by atoms with Gasteiger partial charge in [-0.15, -0.1) is 24.0 Å². The maximum absolute atomic E-state index is 11.5. The summed E-state index contributed by atoms with van der Waals surface area (Å²) in [7, 11) is -2.93. The molecule has 1 rings (SSSR count). The Morgan fingerprint density at radius 1 is 1.38 bits per heavy atom. The lowest BCUT2D eigenvalue weighted by Crippen LogP contribution is -2.48. The number of guanidine groups is 1. The summed E-state index contributed by atoms with van der Waals surface area (Å²) >= 11 is 2.01. The predicted octanol–water partition coefficient (Wildman–Crippen LogP) is 1.83. The lowest BCUT2D eigenvalue weighted by molar-refractivity contribution is 0.408. The molecule has 5 nitrogen and oxygen atoms in total. The molecule has 1 fully saturated rings. The molecule has 1 unspecified atom stereocenters. The molecule has 1 saturated heterocycles. The number of nitrogens with one attached hydrogen (secondary N) is 1. The summed E-state index contributed by atoms with van der Waals surface area (Å²) in [6.07, 6.45) is 1.16. The van der Waals surface area contributed by atoms with E-state index in [-0.39, 0.29) is 35.5 Å². The van der Waals surface area contributed by atoms with Crippen molar-refractivity contribution in [2.24, 2.45) is 4.99 Å². The maximum Gasteiger partial charge on any atom is 0.194 e. The Labute approximate surface area is 150 Å². The molecule has 8 heteroatoms. The van der Waals surface area contributed by atoms with Gasteiger partial charge in [-0.2, -0.15) is 11.8 Å². The van der Waals surface area contributed by atoms with Crippen molar-refractivity contribution in [2.75, 3.05) is 43.4 Å². The Bertz CT molecular complexity index is 416. The first-order valence-corrected chi connectivity index (χ1v) is 10.2. The molecular weight excluding hydrogens is 421 g/mol. The summed E-state index contributed by atoms with van der Waals surface area (Å²) in [5.74, 6) is 2.30. The fourth-order valence-electron chi connectivity index (χ4n) is 2.02. The third kappa shape index (κ3) is 7.92. The molecule has 0 amide bonds. The highest BCUT2D eigenvalue weighted by Gasteiger charge is 2.21. The topological polar surface area (TPSA) is 61.8 Å². The molecule has 0 aromatic carbocycles. The number of thioether (sulfide) groups is 1. The van der Waals surface area contributed by atoms with Crippen LogP contribution in [0.25, 0.3) is 0 Å². The van der Waals surface area contributed by atoms with E-state index in [2.05, 4.69) is 22.1 Å². The predicted molar refractivity (Wildman–Crippen MR) is 104 cm³/mol. The van der Waals surface area contributed by atoms with Gasteiger partial charge in [0.25, 0.3) is 0 Å². The molecule has 126 valence electrons. The van der Waals surface area contributed by atoms with E-state index >= 15 is 0 Å². The monoisotopic (exact) mass is 449 g/mol. The molecule has 0 aromatic heterocycles. The van der Waals surface area contributed by atoms with Crippen molar-refractivity contribution in [1.29, 1.82) is 0 Å². The van der Waals surface area contributed by atoms with Gasteiger partial charge in [-0.3, -0.25) is 4.99 Å². The highest BCUT2D eigenvalue weighted by molar-refractivity contribution is 14.0. The van der Waals surface area contributed by atoms with E-state index in [4.69, 9.17) is 0 Å². The summed E-state index contributed by atoms with van der Waals surface area (Å²) in [6.45, 7) is 9.05. The van der Waals surface area contributed by atoms with Crippen molar-refractivity contribution < 1.29 is 8.42 Å². The number of hydrogen-bond donors (Lipinski definition) is 1. The summed E-state index contributed by atoms with van der Waals surface area (Å²) in [5.41, 5.74) is 0. The Morgan fingerprint density at radius 3 is 2.67 bits per heavy atom. The minimum absolute atomic E-state index is 0. The first-order valence-electron chi connectivity index (χ1n) is 7.37. The first kappa shape index (κ1) is 21.3. The SMILES string of the molecule is CCNC(=NCCS(=O)(=O)CC)N1CCSC(CC)C1.I. The number of aliphatic imine (C=N–C) groups is 1. The van der Waals surface area contributed by atoms with E-state index in [1.54, 1.807) is 6.92 Å². The van der Waals surface area contributed by atoms with Crippen molar-refractivity contribution in [1.82, 2.24) is 10.2 Å². The number of hydrogen-bond acceptors (Lipinski definition) is 4. The number of sulfone groups is 1. The minimum atomic E-state index is -2.93. The van der Waals surface area contributed by atoms with Crippen LogP contribution in [0.15, 0.2) is 4.99 Å². The van der Waals surface area contributed by atoms with Crippen LogP contribution in [0, 0.1) is 0 Å². The third-order valence-corrected chi connectivity index (χ3v) is 6.39. The molecule has 0 bridgehead atoms. The number of halogens is 1. The second kappa shape index (κ2) is 10.9. The number of nitrogens with zero attached hydrogens (tertiary/aromatic N) is 2. The molecular formula is C13H28IN3O2S2. The van der Waals surface area contributed by atoms with E-state index in [1.807, 2.05) is 18.7 Å². The molecule has 1 aliphatic rings. The van der Waals surface area contributed by atoms with Gasteiger partial charge in [0.15, 0.2) is 15.8 Å². The molecule has 0 radical (unpaired) electrons. The van der Waals surface area contributed by atoms with Crippen LogP contribution < -0.4 is 5.32 Å². The molecule has 0 aromatic rings. The van der Waals surface area contributed by atoms with Crippen LogP contribution in [0.5, 0.6) is 0 Å². The molecule has 21 heavy (non-hydrogen) atoms. The van der Waals surface area contributed by atoms with Crippen LogP contribution in [0.3, 0.4) is 0 Å². The zero-order valence-electron chi connectivity index (χ0n) is 13.2. The quantitative estimate of drug-likeness (QED) is 0.381. The van der Waals surface area contributed by atoms with E-state index in [1.165, 1.54) is 0 Å². The van der Waals surface area contributed by atoms with Crippen molar-refractivity contribution >= 4 is 51.5 Å². The zero-order valence-corrected chi connectivity index (χ0v) is 17.1. The summed E-state index contributed by atoms with van der Waals surface area (Å²) in [5, 5.41) is 3.92. The molecule has 1 aliphatic heterocycles. The lowest BCUT2D eigenvalue weighted by Gasteiger charge is -2.34. The maximum atomic E-state index is 11.5. The van der Waals surface area contributed by atoms with Crippen LogP contribution in [0.4, 0.5) is 0 Å². The van der Waals surface area contributed by atoms with Crippen molar-refractivity contribution in [3.63, 3.8) is 0 Å². The second-order valence-corrected chi connectivity index (χ2v) is 8.70. The average molecular weight is 449 g/mol. The van der Waals surface area contributed by atoms with Crippen LogP contribution in [-0.4, -0.2) is 68.0 Å². The summed E-state index contributed by atoms with van der Waals surface area (Å²) < 4.78 is 23.0. The minimum Gasteiger partial charge on any atom is -0.357 e. The van der Waals surface area contributed by atoms with Crippen LogP contribution in [-0.2, 0) is 9.84 Å². The molecule has 1 heterocycles. The van der Waals surface area contributed by atoms with E-state index < -0.39 is 9.84 Å². The van der Waals surface area contributed by atoms with E-state index in [9.17, 15) is 8.42 Å². The van der Waals surface area contributed by atoms with Gasteiger partial charge in [-0.05, 0) is 13.3 Å². The van der Waals surface area contributed by atoms with Crippen molar-refractivity contribution in [3.8, 4) is 0 Å². The fraction of sp³-hybridized carbons (Fsp3) is 0.923. The lowest BCUT2D eigenvalue weighted by atomic mass is 10.3. The summed E-state index contributed by atoms with van der Waals surface area (Å²) in [6, 6.07) is 0. The van der Waals surface area contributed by atoms with E-state index in [0.717, 1.165) is 37.8 Å². The summed E-state index contributed by atoms with van der Waals surface area (Å²) in [4.78, 5) is 6.74. The van der Waals surface area contributed by atoms with Gasteiger partial charge in [0.1, 0.15) is 0 Å². The van der Waals surface area contributed by atoms with Crippen LogP contribution in [0.2, 0.25) is 0 Å². The average Bonchev–Trinajstić information content (AvgIpc) is 2.46. The van der Waals surface area contributed by atoms with Gasteiger partial charge in [-0.25, -0.2) is 8.42 Å². The zero-order chi connectivity index (χ0) is 15.0. The Balaban J connectivity index is 0.00000400. The van der Waals surface area contributed by atoms with E-state index in [0.29, 0.717) is 11.8 Å².